The molecule has 5 atom stereocenters. The van der Waals surface area contributed by atoms with Crippen LogP contribution in [0.5, 0.6) is 0 Å². The fourth-order valence-electron chi connectivity index (χ4n) is 5.37. The van der Waals surface area contributed by atoms with Crippen LogP contribution in [0.3, 0.4) is 0 Å². The lowest BCUT2D eigenvalue weighted by atomic mass is 9.87. The van der Waals surface area contributed by atoms with Gasteiger partial charge in [-0.2, -0.15) is 0 Å². The number of nitrogens with one attached hydrogen (secondary N) is 1. The molecule has 0 spiro atoms. The minimum Gasteiger partial charge on any atom is -0.367 e. The van der Waals surface area contributed by atoms with E-state index in [4.69, 9.17) is 4.74 Å². The van der Waals surface area contributed by atoms with Gasteiger partial charge in [0, 0.05) is 31.2 Å². The van der Waals surface area contributed by atoms with Crippen LogP contribution in [0, 0.1) is 5.82 Å². The number of hydrogen-bond acceptors (Lipinski definition) is 4. The van der Waals surface area contributed by atoms with E-state index in [9.17, 15) is 9.18 Å². The van der Waals surface area contributed by atoms with Crippen LogP contribution in [0.15, 0.2) is 48.5 Å². The van der Waals surface area contributed by atoms with E-state index >= 15 is 0 Å². The standard InChI is InChI=1S/C25H30FN3O2/c1-16-14-27-21-13-23(31-15-22(21)28(16)2)25(30)29-12-11-17-5-3-4-6-20(17)24(29)18-7-9-19(26)10-8-18/h3-10,16,21-24,27H,11-15H2,1-2H3/t16-,21-,22+,23+,24-/m0/s1. The van der Waals surface area contributed by atoms with Gasteiger partial charge in [0.2, 0.25) is 0 Å². The zero-order valence-electron chi connectivity index (χ0n) is 18.1. The molecule has 2 fully saturated rings. The summed E-state index contributed by atoms with van der Waals surface area (Å²) >= 11 is 0. The van der Waals surface area contributed by atoms with Crippen molar-refractivity contribution >= 4 is 5.91 Å². The van der Waals surface area contributed by atoms with Crippen LogP contribution in [0.25, 0.3) is 0 Å². The highest BCUT2D eigenvalue weighted by Gasteiger charge is 2.43. The van der Waals surface area contributed by atoms with E-state index in [1.165, 1.54) is 17.7 Å². The molecule has 0 aliphatic carbocycles. The number of likely N-dealkylation sites (N-methyl/N-ethyl adjacent to an activating group) is 1. The molecule has 6 heteroatoms. The van der Waals surface area contributed by atoms with Crippen LogP contribution in [0.4, 0.5) is 4.39 Å². The van der Waals surface area contributed by atoms with Gasteiger partial charge in [-0.25, -0.2) is 4.39 Å². The Morgan fingerprint density at radius 1 is 1.16 bits per heavy atom. The quantitative estimate of drug-likeness (QED) is 0.807. The molecule has 2 aromatic carbocycles. The molecule has 0 unspecified atom stereocenters. The number of piperazine rings is 1. The average molecular weight is 424 g/mol. The third-order valence-corrected chi connectivity index (χ3v) is 7.32. The Hall–Kier alpha value is -2.28. The van der Waals surface area contributed by atoms with Gasteiger partial charge in [-0.15, -0.1) is 0 Å². The van der Waals surface area contributed by atoms with Gasteiger partial charge in [0.1, 0.15) is 11.9 Å². The highest BCUT2D eigenvalue weighted by Crippen LogP contribution is 2.36. The molecule has 0 saturated carbocycles. The van der Waals surface area contributed by atoms with E-state index in [1.54, 1.807) is 12.1 Å². The lowest BCUT2D eigenvalue weighted by Crippen LogP contribution is -2.66. The summed E-state index contributed by atoms with van der Waals surface area (Å²) in [6.45, 7) is 4.32. The highest BCUT2D eigenvalue weighted by molar-refractivity contribution is 5.82. The number of benzene rings is 2. The fourth-order valence-corrected chi connectivity index (χ4v) is 5.37. The highest BCUT2D eigenvalue weighted by atomic mass is 19.1. The van der Waals surface area contributed by atoms with E-state index in [2.05, 4.69) is 36.3 Å². The monoisotopic (exact) mass is 423 g/mol. The molecule has 2 aromatic rings. The van der Waals surface area contributed by atoms with E-state index in [-0.39, 0.29) is 23.8 Å². The van der Waals surface area contributed by atoms with E-state index in [0.717, 1.165) is 24.1 Å². The van der Waals surface area contributed by atoms with Crippen molar-refractivity contribution in [3.8, 4) is 0 Å². The number of carbonyl (C=O) groups excluding carboxylic acids is 1. The average Bonchev–Trinajstić information content (AvgIpc) is 2.81. The van der Waals surface area contributed by atoms with Gasteiger partial charge in [0.25, 0.3) is 5.91 Å². The summed E-state index contributed by atoms with van der Waals surface area (Å²) in [4.78, 5) is 18.0. The fraction of sp³-hybridized carbons (Fsp3) is 0.480. The minimum absolute atomic E-state index is 0.0327. The van der Waals surface area contributed by atoms with Crippen molar-refractivity contribution < 1.29 is 13.9 Å². The third kappa shape index (κ3) is 3.77. The molecule has 3 heterocycles. The molecule has 0 bridgehead atoms. The normalized spacial score (nSPS) is 31.1. The number of halogens is 1. The van der Waals surface area contributed by atoms with E-state index in [1.807, 2.05) is 17.0 Å². The molecule has 1 N–H and O–H groups in total. The molecular formula is C25H30FN3O2. The van der Waals surface area contributed by atoms with Crippen LogP contribution in [0.2, 0.25) is 0 Å². The number of fused-ring (bicyclic) bond motifs is 2. The zero-order valence-corrected chi connectivity index (χ0v) is 18.1. The first-order valence-electron chi connectivity index (χ1n) is 11.2. The van der Waals surface area contributed by atoms with E-state index < -0.39 is 6.10 Å². The maximum Gasteiger partial charge on any atom is 0.252 e. The number of ether oxygens (including phenoxy) is 1. The predicted octanol–water partition coefficient (Wildman–Crippen LogP) is 2.75. The second kappa shape index (κ2) is 8.34. The van der Waals surface area contributed by atoms with Crippen LogP contribution in [-0.4, -0.2) is 66.7 Å². The summed E-state index contributed by atoms with van der Waals surface area (Å²) in [6.07, 6.45) is 1.04. The maximum absolute atomic E-state index is 13.7. The molecule has 5 nitrogen and oxygen atoms in total. The van der Waals surface area contributed by atoms with Crippen molar-refractivity contribution in [2.75, 3.05) is 26.7 Å². The Morgan fingerprint density at radius 2 is 1.94 bits per heavy atom. The van der Waals surface area contributed by atoms with Gasteiger partial charge in [-0.05, 0) is 55.6 Å². The van der Waals surface area contributed by atoms with Crippen molar-refractivity contribution in [1.29, 1.82) is 0 Å². The number of rotatable bonds is 2. The summed E-state index contributed by atoms with van der Waals surface area (Å²) in [5.74, 6) is -0.237. The Morgan fingerprint density at radius 3 is 2.74 bits per heavy atom. The molecule has 0 radical (unpaired) electrons. The van der Waals surface area contributed by atoms with Gasteiger partial charge >= 0.3 is 0 Å². The molecule has 31 heavy (non-hydrogen) atoms. The summed E-state index contributed by atoms with van der Waals surface area (Å²) in [6, 6.07) is 15.6. The first-order chi connectivity index (χ1) is 15.0. The van der Waals surface area contributed by atoms with E-state index in [0.29, 0.717) is 31.7 Å². The molecule has 164 valence electrons. The Bertz CT molecular complexity index is 950. The first-order valence-corrected chi connectivity index (χ1v) is 11.2. The van der Waals surface area contributed by atoms with Gasteiger partial charge in [0.15, 0.2) is 0 Å². The molecule has 0 aromatic heterocycles. The van der Waals surface area contributed by atoms with Crippen molar-refractivity contribution in [2.45, 2.75) is 50.0 Å². The predicted molar refractivity (Wildman–Crippen MR) is 117 cm³/mol. The number of hydrogen-bond donors (Lipinski definition) is 1. The Labute approximate surface area is 183 Å². The second-order valence-corrected chi connectivity index (χ2v) is 9.09. The number of nitrogens with zero attached hydrogens (tertiary/aromatic N) is 2. The molecule has 5 rings (SSSR count). The van der Waals surface area contributed by atoms with Crippen molar-refractivity contribution in [3.63, 3.8) is 0 Å². The lowest BCUT2D eigenvalue weighted by molar-refractivity contribution is -0.154. The molecule has 3 aliphatic rings. The Balaban J connectivity index is 1.42. The van der Waals surface area contributed by atoms with Crippen LogP contribution >= 0.6 is 0 Å². The summed E-state index contributed by atoms with van der Waals surface area (Å²) < 4.78 is 19.7. The molecule has 3 aliphatic heterocycles. The van der Waals surface area contributed by atoms with Gasteiger partial charge in [-0.1, -0.05) is 36.4 Å². The van der Waals surface area contributed by atoms with Crippen molar-refractivity contribution in [1.82, 2.24) is 15.1 Å². The number of amides is 1. The maximum atomic E-state index is 13.7. The zero-order chi connectivity index (χ0) is 21.5. The summed E-state index contributed by atoms with van der Waals surface area (Å²) in [5, 5.41) is 3.62. The SMILES string of the molecule is C[C@H]1CN[C@H]2C[C@H](C(=O)N3CCc4ccccc4[C@@H]3c3ccc(F)cc3)OC[C@H]2N1C. The van der Waals surface area contributed by atoms with Gasteiger partial charge < -0.3 is 15.0 Å². The molecule has 1 amide bonds. The number of carbonyl (C=O) groups is 1. The minimum atomic E-state index is -0.455. The van der Waals surface area contributed by atoms with Crippen LogP contribution in [-0.2, 0) is 16.0 Å². The summed E-state index contributed by atoms with van der Waals surface area (Å²) in [5.41, 5.74) is 3.29. The van der Waals surface area contributed by atoms with Crippen molar-refractivity contribution in [2.24, 2.45) is 0 Å². The topological polar surface area (TPSA) is 44.8 Å². The van der Waals surface area contributed by atoms with Gasteiger partial charge in [-0.3, -0.25) is 9.69 Å². The van der Waals surface area contributed by atoms with Crippen molar-refractivity contribution in [3.05, 3.63) is 71.0 Å². The lowest BCUT2D eigenvalue weighted by Gasteiger charge is -2.48. The second-order valence-electron chi connectivity index (χ2n) is 9.09. The third-order valence-electron chi connectivity index (χ3n) is 7.32. The molecule has 2 saturated heterocycles. The van der Waals surface area contributed by atoms with Crippen LogP contribution in [0.1, 0.15) is 36.1 Å². The largest absolute Gasteiger partial charge is 0.367 e. The smallest absolute Gasteiger partial charge is 0.252 e. The molecular weight excluding hydrogens is 393 g/mol. The summed E-state index contributed by atoms with van der Waals surface area (Å²) in [7, 11) is 2.14. The first kappa shape index (κ1) is 20.6. The van der Waals surface area contributed by atoms with Crippen LogP contribution < -0.4 is 5.32 Å². The Kier molecular flexibility index (Phi) is 5.54. The van der Waals surface area contributed by atoms with Gasteiger partial charge in [0.05, 0.1) is 12.6 Å².